The van der Waals surface area contributed by atoms with Gasteiger partial charge in [0.2, 0.25) is 0 Å². The zero-order valence-electron chi connectivity index (χ0n) is 9.51. The SMILES string of the molecule is N#CC(C#N)=c1ccc2cc(=C(N)N)ccc2c1. The number of rotatable bonds is 0. The summed E-state index contributed by atoms with van der Waals surface area (Å²) in [5.41, 5.74) is 11.2. The van der Waals surface area contributed by atoms with Gasteiger partial charge in [-0.05, 0) is 22.9 Å². The number of fused-ring (bicyclic) bond motifs is 1. The molecule has 0 saturated heterocycles. The normalized spacial score (nSPS) is 9.44. The first-order chi connectivity index (χ1) is 8.65. The smallest absolute Gasteiger partial charge is 0.136 e. The summed E-state index contributed by atoms with van der Waals surface area (Å²) >= 11 is 0. The van der Waals surface area contributed by atoms with Gasteiger partial charge in [0, 0.05) is 10.4 Å². The molecule has 0 amide bonds. The van der Waals surface area contributed by atoms with Crippen molar-refractivity contribution >= 4 is 22.2 Å². The van der Waals surface area contributed by atoms with Crippen LogP contribution in [0.4, 0.5) is 0 Å². The molecule has 0 heterocycles. The van der Waals surface area contributed by atoms with Crippen LogP contribution in [-0.2, 0) is 0 Å². The second-order valence-electron chi connectivity index (χ2n) is 3.83. The van der Waals surface area contributed by atoms with E-state index in [4.69, 9.17) is 22.0 Å². The molecule has 0 spiro atoms. The highest BCUT2D eigenvalue weighted by Gasteiger charge is 1.97. The van der Waals surface area contributed by atoms with Crippen LogP contribution in [0.3, 0.4) is 0 Å². The summed E-state index contributed by atoms with van der Waals surface area (Å²) in [7, 11) is 0. The van der Waals surface area contributed by atoms with E-state index in [1.807, 2.05) is 30.3 Å². The highest BCUT2D eigenvalue weighted by atomic mass is 14.8. The Hall–Kier alpha value is -2.98. The first kappa shape index (κ1) is 11.5. The molecule has 0 saturated carbocycles. The Balaban J connectivity index is 2.83. The van der Waals surface area contributed by atoms with Crippen molar-refractivity contribution in [3.8, 4) is 12.1 Å². The first-order valence-electron chi connectivity index (χ1n) is 5.25. The van der Waals surface area contributed by atoms with Gasteiger partial charge in [-0.2, -0.15) is 10.5 Å². The van der Waals surface area contributed by atoms with Crippen LogP contribution in [0.25, 0.3) is 22.2 Å². The minimum Gasteiger partial charge on any atom is -0.385 e. The van der Waals surface area contributed by atoms with Crippen molar-refractivity contribution in [2.24, 2.45) is 11.5 Å². The van der Waals surface area contributed by atoms with Crippen LogP contribution in [0.15, 0.2) is 36.4 Å². The summed E-state index contributed by atoms with van der Waals surface area (Å²) in [5.74, 6) is 0.266. The third kappa shape index (κ3) is 1.95. The van der Waals surface area contributed by atoms with Gasteiger partial charge in [-0.1, -0.05) is 24.3 Å². The molecule has 2 rings (SSSR count). The first-order valence-corrected chi connectivity index (χ1v) is 5.25. The molecule has 0 radical (unpaired) electrons. The van der Waals surface area contributed by atoms with Crippen molar-refractivity contribution in [2.75, 3.05) is 0 Å². The number of hydrogen-bond donors (Lipinski definition) is 2. The van der Waals surface area contributed by atoms with Crippen molar-refractivity contribution < 1.29 is 0 Å². The third-order valence-corrected chi connectivity index (χ3v) is 2.69. The molecule has 4 heteroatoms. The fourth-order valence-electron chi connectivity index (χ4n) is 1.73. The molecular formula is C14H10N4. The van der Waals surface area contributed by atoms with E-state index < -0.39 is 0 Å². The lowest BCUT2D eigenvalue weighted by Gasteiger charge is -1.98. The van der Waals surface area contributed by atoms with Crippen LogP contribution in [0.5, 0.6) is 0 Å². The quantitative estimate of drug-likeness (QED) is 0.671. The standard InChI is InChI=1S/C14H10N4/c15-7-13(8-16)11-2-1-10-6-12(14(17)18)4-3-9(10)5-11/h1-6H,17-18H2. The van der Waals surface area contributed by atoms with Gasteiger partial charge in [-0.3, -0.25) is 0 Å². The lowest BCUT2D eigenvalue weighted by molar-refractivity contribution is 1.40. The molecule has 0 aliphatic carbocycles. The van der Waals surface area contributed by atoms with Gasteiger partial charge < -0.3 is 11.5 Å². The lowest BCUT2D eigenvalue weighted by atomic mass is 10.1. The van der Waals surface area contributed by atoms with Crippen LogP contribution < -0.4 is 21.9 Å². The maximum absolute atomic E-state index is 8.82. The molecule has 0 aliphatic rings. The van der Waals surface area contributed by atoms with Gasteiger partial charge >= 0.3 is 0 Å². The van der Waals surface area contributed by atoms with Crippen LogP contribution in [0, 0.1) is 22.7 Å². The molecule has 4 nitrogen and oxygen atoms in total. The summed E-state index contributed by atoms with van der Waals surface area (Å²) < 4.78 is 0. The van der Waals surface area contributed by atoms with Crippen molar-refractivity contribution in [1.82, 2.24) is 0 Å². The average Bonchev–Trinajstić information content (AvgIpc) is 2.39. The summed E-state index contributed by atoms with van der Waals surface area (Å²) in [6.45, 7) is 0. The molecule has 0 bridgehead atoms. The Morgan fingerprint density at radius 1 is 0.833 bits per heavy atom. The minimum absolute atomic E-state index is 0.103. The molecule has 0 atom stereocenters. The van der Waals surface area contributed by atoms with E-state index in [2.05, 4.69) is 0 Å². The maximum atomic E-state index is 8.82. The van der Waals surface area contributed by atoms with Crippen LogP contribution in [-0.4, -0.2) is 0 Å². The summed E-state index contributed by atoms with van der Waals surface area (Å²) in [6, 6.07) is 14.7. The molecule has 0 aromatic heterocycles. The zero-order valence-corrected chi connectivity index (χ0v) is 9.51. The topological polar surface area (TPSA) is 99.6 Å². The number of hydrogen-bond acceptors (Lipinski definition) is 4. The van der Waals surface area contributed by atoms with E-state index in [-0.39, 0.29) is 11.4 Å². The highest BCUT2D eigenvalue weighted by molar-refractivity contribution is 5.84. The lowest BCUT2D eigenvalue weighted by Crippen LogP contribution is -2.19. The predicted octanol–water partition coefficient (Wildman–Crippen LogP) is 0.0208. The fourth-order valence-corrected chi connectivity index (χ4v) is 1.73. The average molecular weight is 234 g/mol. The van der Waals surface area contributed by atoms with Gasteiger partial charge in [0.05, 0.1) is 0 Å². The summed E-state index contributed by atoms with van der Waals surface area (Å²) in [4.78, 5) is 0. The molecule has 0 aliphatic heterocycles. The predicted molar refractivity (Wildman–Crippen MR) is 69.6 cm³/mol. The van der Waals surface area contributed by atoms with E-state index >= 15 is 0 Å². The third-order valence-electron chi connectivity index (χ3n) is 2.69. The molecular weight excluding hydrogens is 224 g/mol. The van der Waals surface area contributed by atoms with Crippen molar-refractivity contribution in [3.63, 3.8) is 0 Å². The Labute approximate surface area is 104 Å². The molecule has 2 aromatic carbocycles. The van der Waals surface area contributed by atoms with Crippen LogP contribution in [0.1, 0.15) is 0 Å². The minimum atomic E-state index is 0.103. The van der Waals surface area contributed by atoms with E-state index in [9.17, 15) is 0 Å². The summed E-state index contributed by atoms with van der Waals surface area (Å²) in [5, 5.41) is 20.9. The van der Waals surface area contributed by atoms with Gasteiger partial charge in [0.1, 0.15) is 23.5 Å². The van der Waals surface area contributed by atoms with E-state index in [1.54, 1.807) is 18.2 Å². The molecule has 18 heavy (non-hydrogen) atoms. The zero-order chi connectivity index (χ0) is 13.1. The number of nitrogens with zero attached hydrogens (tertiary/aromatic N) is 2. The van der Waals surface area contributed by atoms with E-state index in [1.165, 1.54) is 0 Å². The van der Waals surface area contributed by atoms with E-state index in [0.29, 0.717) is 5.22 Å². The Morgan fingerprint density at radius 3 is 1.83 bits per heavy atom. The van der Waals surface area contributed by atoms with E-state index in [0.717, 1.165) is 16.0 Å². The van der Waals surface area contributed by atoms with Crippen molar-refractivity contribution in [1.29, 1.82) is 10.5 Å². The highest BCUT2D eigenvalue weighted by Crippen LogP contribution is 2.08. The summed E-state index contributed by atoms with van der Waals surface area (Å²) in [6.07, 6.45) is 0. The monoisotopic (exact) mass is 234 g/mol. The Bertz CT molecular complexity index is 799. The van der Waals surface area contributed by atoms with Crippen LogP contribution in [0.2, 0.25) is 0 Å². The van der Waals surface area contributed by atoms with Crippen LogP contribution >= 0.6 is 0 Å². The number of nitriles is 2. The largest absolute Gasteiger partial charge is 0.385 e. The maximum Gasteiger partial charge on any atom is 0.136 e. The molecule has 0 unspecified atom stereocenters. The number of benzene rings is 2. The second kappa shape index (κ2) is 4.48. The molecule has 86 valence electrons. The van der Waals surface area contributed by atoms with Crippen molar-refractivity contribution in [2.45, 2.75) is 0 Å². The number of nitrogens with two attached hydrogens (primary N) is 2. The Kier molecular flexibility index (Phi) is 2.87. The van der Waals surface area contributed by atoms with Gasteiger partial charge in [-0.15, -0.1) is 0 Å². The van der Waals surface area contributed by atoms with Gasteiger partial charge in [-0.25, -0.2) is 0 Å². The molecule has 2 aromatic rings. The Morgan fingerprint density at radius 2 is 1.33 bits per heavy atom. The van der Waals surface area contributed by atoms with Gasteiger partial charge in [0.15, 0.2) is 0 Å². The van der Waals surface area contributed by atoms with Crippen molar-refractivity contribution in [3.05, 3.63) is 46.8 Å². The fraction of sp³-hybridized carbons (Fsp3) is 0. The van der Waals surface area contributed by atoms with Gasteiger partial charge in [0.25, 0.3) is 0 Å². The molecule has 4 N–H and O–H groups in total. The second-order valence-corrected chi connectivity index (χ2v) is 3.83. The molecule has 0 fully saturated rings.